The maximum atomic E-state index is 12.7. The molecule has 3 rings (SSSR count). The van der Waals surface area contributed by atoms with Gasteiger partial charge in [0.2, 0.25) is 5.75 Å². The monoisotopic (exact) mass is 472 g/mol. The van der Waals surface area contributed by atoms with Gasteiger partial charge in [-0.2, -0.15) is 0 Å². The summed E-state index contributed by atoms with van der Waals surface area (Å²) in [5.74, 6) is 2.42. The molecule has 1 aliphatic rings. The summed E-state index contributed by atoms with van der Waals surface area (Å²) in [6, 6.07) is 10.7. The van der Waals surface area contributed by atoms with Gasteiger partial charge in [0.15, 0.2) is 16.6 Å². The number of nitrogens with one attached hydrogen (secondary N) is 2. The molecule has 0 atom stereocenters. The molecule has 2 aromatic carbocycles. The molecule has 8 heteroatoms. The molecule has 0 heterocycles. The summed E-state index contributed by atoms with van der Waals surface area (Å²) in [5, 5.41) is 5.86. The number of carbonyl (C=O) groups is 1. The van der Waals surface area contributed by atoms with Gasteiger partial charge in [-0.15, -0.1) is 0 Å². The molecule has 7 nitrogen and oxygen atoms in total. The minimum Gasteiger partial charge on any atom is -0.494 e. The molecule has 0 bridgehead atoms. The Balaban J connectivity index is 1.51. The summed E-state index contributed by atoms with van der Waals surface area (Å²) in [6.45, 7) is 0.737. The van der Waals surface area contributed by atoms with E-state index in [1.165, 1.54) is 53.4 Å². The van der Waals surface area contributed by atoms with Crippen LogP contribution in [0.2, 0.25) is 0 Å². The van der Waals surface area contributed by atoms with Gasteiger partial charge >= 0.3 is 0 Å². The molecule has 0 unspecified atom stereocenters. The minimum atomic E-state index is -0.394. The highest BCUT2D eigenvalue weighted by Gasteiger charge is 2.18. The molecule has 0 aromatic heterocycles. The Morgan fingerprint density at radius 1 is 0.970 bits per heavy atom. The zero-order chi connectivity index (χ0) is 23.6. The van der Waals surface area contributed by atoms with Crippen molar-refractivity contribution >= 4 is 28.9 Å². The molecule has 2 aromatic rings. The third kappa shape index (κ3) is 6.99. The summed E-state index contributed by atoms with van der Waals surface area (Å²) < 4.78 is 21.8. The second-order valence-electron chi connectivity index (χ2n) is 7.99. The largest absolute Gasteiger partial charge is 0.494 e. The topological polar surface area (TPSA) is 78.1 Å². The van der Waals surface area contributed by atoms with Crippen molar-refractivity contribution in [3.05, 3.63) is 42.0 Å². The van der Waals surface area contributed by atoms with Crippen LogP contribution >= 0.6 is 12.2 Å². The van der Waals surface area contributed by atoms with E-state index >= 15 is 0 Å². The van der Waals surface area contributed by atoms with Crippen molar-refractivity contribution in [2.75, 3.05) is 33.3 Å². The van der Waals surface area contributed by atoms with Crippen molar-refractivity contribution in [2.24, 2.45) is 5.92 Å². The maximum absolute atomic E-state index is 12.7. The highest BCUT2D eigenvalue weighted by molar-refractivity contribution is 7.80. The van der Waals surface area contributed by atoms with Crippen molar-refractivity contribution in [2.45, 2.75) is 38.5 Å². The van der Waals surface area contributed by atoms with Crippen molar-refractivity contribution in [3.63, 3.8) is 0 Å². The summed E-state index contributed by atoms with van der Waals surface area (Å²) >= 11 is 5.30. The van der Waals surface area contributed by atoms with E-state index in [0.717, 1.165) is 30.4 Å². The van der Waals surface area contributed by atoms with Crippen molar-refractivity contribution in [1.29, 1.82) is 0 Å². The molecule has 1 saturated carbocycles. The van der Waals surface area contributed by atoms with Crippen LogP contribution in [-0.2, 0) is 0 Å². The molecule has 0 spiro atoms. The molecule has 1 aliphatic carbocycles. The molecule has 0 saturated heterocycles. The summed E-state index contributed by atoms with van der Waals surface area (Å²) in [7, 11) is 4.50. The molecule has 0 aliphatic heterocycles. The van der Waals surface area contributed by atoms with E-state index in [2.05, 4.69) is 10.6 Å². The molecule has 33 heavy (non-hydrogen) atoms. The van der Waals surface area contributed by atoms with Gasteiger partial charge in [-0.3, -0.25) is 10.1 Å². The third-order valence-corrected chi connectivity index (χ3v) is 5.99. The van der Waals surface area contributed by atoms with E-state index < -0.39 is 5.91 Å². The Bertz CT molecular complexity index is 917. The Morgan fingerprint density at radius 3 is 2.18 bits per heavy atom. The summed E-state index contributed by atoms with van der Waals surface area (Å²) in [6.07, 6.45) is 7.83. The molecule has 1 fully saturated rings. The van der Waals surface area contributed by atoms with Crippen LogP contribution in [0.5, 0.6) is 23.0 Å². The Hall–Kier alpha value is -3.00. The van der Waals surface area contributed by atoms with Crippen LogP contribution in [-0.4, -0.2) is 39.0 Å². The molecule has 0 radical (unpaired) electrons. The number of anilines is 1. The molecule has 2 N–H and O–H groups in total. The fourth-order valence-corrected chi connectivity index (χ4v) is 4.21. The van der Waals surface area contributed by atoms with Crippen molar-refractivity contribution < 1.29 is 23.7 Å². The van der Waals surface area contributed by atoms with E-state index in [1.807, 2.05) is 24.3 Å². The number of ether oxygens (including phenoxy) is 4. The van der Waals surface area contributed by atoms with Gasteiger partial charge in [-0.25, -0.2) is 0 Å². The highest BCUT2D eigenvalue weighted by Crippen LogP contribution is 2.38. The van der Waals surface area contributed by atoms with Gasteiger partial charge in [0.05, 0.1) is 27.9 Å². The van der Waals surface area contributed by atoms with Crippen LogP contribution in [0.4, 0.5) is 5.69 Å². The Morgan fingerprint density at radius 2 is 1.61 bits per heavy atom. The second-order valence-corrected chi connectivity index (χ2v) is 8.40. The van der Waals surface area contributed by atoms with E-state index in [9.17, 15) is 4.79 Å². The predicted octanol–water partition coefficient (Wildman–Crippen LogP) is 5.19. The SMILES string of the molecule is COc1cc(C(=O)NC(=S)Nc2ccc(OCCC3CCCCC3)cc2)cc(OC)c1OC. The third-order valence-electron chi connectivity index (χ3n) is 5.79. The average molecular weight is 473 g/mol. The first-order chi connectivity index (χ1) is 16.0. The first-order valence-corrected chi connectivity index (χ1v) is 11.6. The standard InChI is InChI=1S/C25H32N2O5S/c1-29-21-15-18(16-22(30-2)23(21)31-3)24(28)27-25(33)26-19-9-11-20(12-10-19)32-14-13-17-7-5-4-6-8-17/h9-12,15-17H,4-8,13-14H2,1-3H3,(H2,26,27,28,33). The first kappa shape index (κ1) is 24.6. The first-order valence-electron chi connectivity index (χ1n) is 11.2. The van der Waals surface area contributed by atoms with Gasteiger partial charge in [0.25, 0.3) is 5.91 Å². The second kappa shape index (κ2) is 12.3. The Kier molecular flexibility index (Phi) is 9.18. The number of amides is 1. The highest BCUT2D eigenvalue weighted by atomic mass is 32.1. The fourth-order valence-electron chi connectivity index (χ4n) is 4.00. The lowest BCUT2D eigenvalue weighted by Crippen LogP contribution is -2.34. The number of thiocarbonyl (C=S) groups is 1. The van der Waals surface area contributed by atoms with Gasteiger partial charge < -0.3 is 24.3 Å². The lowest BCUT2D eigenvalue weighted by Gasteiger charge is -2.21. The quantitative estimate of drug-likeness (QED) is 0.487. The smallest absolute Gasteiger partial charge is 0.257 e. The predicted molar refractivity (Wildman–Crippen MR) is 133 cm³/mol. The number of carbonyl (C=O) groups excluding carboxylic acids is 1. The summed E-state index contributed by atoms with van der Waals surface area (Å²) in [4.78, 5) is 12.7. The maximum Gasteiger partial charge on any atom is 0.257 e. The minimum absolute atomic E-state index is 0.180. The van der Waals surface area contributed by atoms with Gasteiger partial charge in [-0.05, 0) is 61.0 Å². The van der Waals surface area contributed by atoms with E-state index in [-0.39, 0.29) is 5.11 Å². The van der Waals surface area contributed by atoms with Gasteiger partial charge in [-0.1, -0.05) is 32.1 Å². The summed E-state index contributed by atoms with van der Waals surface area (Å²) in [5.41, 5.74) is 1.08. The number of benzene rings is 2. The normalized spacial score (nSPS) is 13.7. The van der Waals surface area contributed by atoms with Crippen molar-refractivity contribution in [1.82, 2.24) is 5.32 Å². The molecule has 1 amide bonds. The van der Waals surface area contributed by atoms with E-state index in [0.29, 0.717) is 22.8 Å². The zero-order valence-electron chi connectivity index (χ0n) is 19.4. The van der Waals surface area contributed by atoms with Gasteiger partial charge in [0, 0.05) is 11.3 Å². The van der Waals surface area contributed by atoms with Crippen LogP contribution in [0.25, 0.3) is 0 Å². The molecule has 178 valence electrons. The van der Waals surface area contributed by atoms with E-state index in [1.54, 1.807) is 12.1 Å². The van der Waals surface area contributed by atoms with Crippen LogP contribution < -0.4 is 29.6 Å². The molecular formula is C25H32N2O5S. The lowest BCUT2D eigenvalue weighted by molar-refractivity contribution is 0.0977. The van der Waals surface area contributed by atoms with Crippen LogP contribution in [0.1, 0.15) is 48.9 Å². The number of rotatable bonds is 9. The van der Waals surface area contributed by atoms with Crippen LogP contribution in [0.15, 0.2) is 36.4 Å². The molecular weight excluding hydrogens is 440 g/mol. The fraction of sp³-hybridized carbons (Fsp3) is 0.440. The van der Waals surface area contributed by atoms with Crippen LogP contribution in [0, 0.1) is 5.92 Å². The van der Waals surface area contributed by atoms with E-state index in [4.69, 9.17) is 31.2 Å². The van der Waals surface area contributed by atoms with Crippen LogP contribution in [0.3, 0.4) is 0 Å². The Labute approximate surface area is 200 Å². The number of hydrogen-bond donors (Lipinski definition) is 2. The lowest BCUT2D eigenvalue weighted by atomic mass is 9.87. The van der Waals surface area contributed by atoms with Gasteiger partial charge in [0.1, 0.15) is 5.75 Å². The average Bonchev–Trinajstić information content (AvgIpc) is 2.84. The number of hydrogen-bond acceptors (Lipinski definition) is 6. The van der Waals surface area contributed by atoms with Crippen molar-refractivity contribution in [3.8, 4) is 23.0 Å². The number of methoxy groups -OCH3 is 3. The zero-order valence-corrected chi connectivity index (χ0v) is 20.3.